The number of aliphatic carboxylic acids is 1. The van der Waals surface area contributed by atoms with Crippen LogP contribution in [0.3, 0.4) is 0 Å². The predicted molar refractivity (Wildman–Crippen MR) is 21.1 cm³/mol. The van der Waals surface area contributed by atoms with Crippen LogP contribution in [0.25, 0.3) is 0 Å². The van der Waals surface area contributed by atoms with E-state index in [1.165, 1.54) is 0 Å². The highest BCUT2D eigenvalue weighted by atomic mass is 19.4. The first-order valence-corrected chi connectivity index (χ1v) is 1.87. The summed E-state index contributed by atoms with van der Waals surface area (Å²) in [5.41, 5.74) is 0. The Morgan fingerprint density at radius 2 is 1.36 bits per heavy atom. The maximum absolute atomic E-state index is 11.3. The third kappa shape index (κ3) is 2.28. The molecule has 0 aromatic rings. The minimum absolute atomic E-state index is 0. The van der Waals surface area contributed by atoms with E-state index in [2.05, 4.69) is 0 Å². The van der Waals surface area contributed by atoms with Gasteiger partial charge in [-0.15, -0.1) is 0 Å². The number of carbonyl (C=O) groups is 1. The quantitative estimate of drug-likeness (QED) is 0.625. The van der Waals surface area contributed by atoms with Gasteiger partial charge >= 0.3 is 18.1 Å². The van der Waals surface area contributed by atoms with Crippen molar-refractivity contribution in [1.29, 1.82) is 0 Å². The maximum Gasteiger partial charge on any atom is 0.465 e. The number of carboxylic acid groups (broad SMARTS) is 1. The third-order valence-corrected chi connectivity index (χ3v) is 0.625. The summed E-state index contributed by atoms with van der Waals surface area (Å²) >= 11 is 0. The van der Waals surface area contributed by atoms with Crippen LogP contribution in [0.4, 0.5) is 26.7 Å². The largest absolute Gasteiger partial charge is 0.477 e. The topological polar surface area (TPSA) is 37.3 Å². The van der Waals surface area contributed by atoms with Crippen LogP contribution in [-0.2, 0) is 4.79 Å². The van der Waals surface area contributed by atoms with Crippen molar-refractivity contribution < 1.29 is 36.6 Å². The van der Waals surface area contributed by atoms with E-state index in [1.54, 1.807) is 0 Å². The molecule has 0 fully saturated rings. The van der Waals surface area contributed by atoms with Gasteiger partial charge in [0, 0.05) is 0 Å². The zero-order chi connectivity index (χ0) is 8.58. The summed E-state index contributed by atoms with van der Waals surface area (Å²) in [6, 6.07) is 0. The average molecular weight is 184 g/mol. The van der Waals surface area contributed by atoms with Gasteiger partial charge in [-0.25, -0.2) is 4.79 Å². The monoisotopic (exact) mass is 184 g/mol. The van der Waals surface area contributed by atoms with E-state index >= 15 is 0 Å². The molecule has 11 heavy (non-hydrogen) atoms. The molecule has 0 aliphatic rings. The first-order valence-electron chi connectivity index (χ1n) is 1.87. The highest BCUT2D eigenvalue weighted by molar-refractivity contribution is 5.76. The number of alkyl halides is 5. The van der Waals surface area contributed by atoms with Crippen LogP contribution in [-0.4, -0.2) is 23.2 Å². The lowest BCUT2D eigenvalue weighted by atomic mass is 10.3. The van der Waals surface area contributed by atoms with Crippen molar-refractivity contribution in [3.05, 3.63) is 0 Å². The molecule has 0 atom stereocenters. The van der Waals surface area contributed by atoms with Gasteiger partial charge in [0.25, 0.3) is 0 Å². The SMILES string of the molecule is F.O=C(O)C(F)(F)C(F)(F)F. The molecule has 0 aliphatic carbocycles. The summed E-state index contributed by atoms with van der Waals surface area (Å²) in [5.74, 6) is -8.84. The number of carboxylic acids is 1. The van der Waals surface area contributed by atoms with Gasteiger partial charge < -0.3 is 5.11 Å². The van der Waals surface area contributed by atoms with E-state index in [9.17, 15) is 26.7 Å². The summed E-state index contributed by atoms with van der Waals surface area (Å²) in [5, 5.41) is 7.31. The van der Waals surface area contributed by atoms with Crippen molar-refractivity contribution in [3.8, 4) is 0 Å². The van der Waals surface area contributed by atoms with E-state index in [-0.39, 0.29) is 4.70 Å². The van der Waals surface area contributed by atoms with Crippen molar-refractivity contribution in [2.45, 2.75) is 12.1 Å². The molecule has 1 N–H and O–H groups in total. The van der Waals surface area contributed by atoms with E-state index in [1.807, 2.05) is 0 Å². The molecule has 0 rings (SSSR count). The average Bonchev–Trinajstić information content (AvgIpc) is 1.62. The minimum atomic E-state index is -6.02. The fraction of sp³-hybridized carbons (Fsp3) is 0.667. The van der Waals surface area contributed by atoms with E-state index in [4.69, 9.17) is 5.11 Å². The number of halogens is 6. The smallest absolute Gasteiger partial charge is 0.465 e. The molecule has 0 unspecified atom stereocenters. The predicted octanol–water partition coefficient (Wildman–Crippen LogP) is 1.42. The first-order chi connectivity index (χ1) is 4.19. The molecule has 0 amide bonds. The molecule has 0 aromatic heterocycles. The molecule has 8 heteroatoms. The molecule has 0 aromatic carbocycles. The summed E-state index contributed by atoms with van der Waals surface area (Å²) in [4.78, 5) is 9.20. The molecule has 0 bridgehead atoms. The standard InChI is InChI=1S/C3HF5O2.FH/c4-2(5,1(9)10)3(6,7)8;/h(H,9,10);1H. The van der Waals surface area contributed by atoms with Crippen molar-refractivity contribution in [2.24, 2.45) is 0 Å². The molecule has 0 spiro atoms. The Morgan fingerprint density at radius 1 is 1.09 bits per heavy atom. The Labute approximate surface area is 56.0 Å². The number of hydrogen-bond donors (Lipinski definition) is 1. The second kappa shape index (κ2) is 2.97. The minimum Gasteiger partial charge on any atom is -0.477 e. The van der Waals surface area contributed by atoms with Crippen molar-refractivity contribution in [2.75, 3.05) is 0 Å². The molecule has 0 aliphatic heterocycles. The molecular weight excluding hydrogens is 182 g/mol. The van der Waals surface area contributed by atoms with Crippen LogP contribution in [0.1, 0.15) is 0 Å². The summed E-state index contributed by atoms with van der Waals surface area (Å²) in [6.45, 7) is 0. The van der Waals surface area contributed by atoms with Crippen LogP contribution < -0.4 is 0 Å². The Kier molecular flexibility index (Phi) is 3.43. The van der Waals surface area contributed by atoms with Gasteiger partial charge in [0.15, 0.2) is 0 Å². The summed E-state index contributed by atoms with van der Waals surface area (Å²) in [7, 11) is 0. The van der Waals surface area contributed by atoms with Crippen molar-refractivity contribution >= 4 is 5.97 Å². The lowest BCUT2D eigenvalue weighted by molar-refractivity contribution is -0.277. The van der Waals surface area contributed by atoms with Gasteiger partial charge in [-0.1, -0.05) is 0 Å². The van der Waals surface area contributed by atoms with Crippen LogP contribution in [0.2, 0.25) is 0 Å². The molecule has 0 saturated heterocycles. The van der Waals surface area contributed by atoms with Gasteiger partial charge in [0.1, 0.15) is 0 Å². The normalized spacial score (nSPS) is 12.1. The van der Waals surface area contributed by atoms with Crippen LogP contribution >= 0.6 is 0 Å². The lowest BCUT2D eigenvalue weighted by Gasteiger charge is -2.13. The van der Waals surface area contributed by atoms with Gasteiger partial charge in [0.05, 0.1) is 0 Å². The number of hydrogen-bond acceptors (Lipinski definition) is 1. The zero-order valence-corrected chi connectivity index (χ0v) is 4.65. The van der Waals surface area contributed by atoms with Crippen LogP contribution in [0, 0.1) is 0 Å². The highest BCUT2D eigenvalue weighted by Gasteiger charge is 2.64. The third-order valence-electron chi connectivity index (χ3n) is 0.625. The highest BCUT2D eigenvalue weighted by Crippen LogP contribution is 2.35. The Balaban J connectivity index is 0. The van der Waals surface area contributed by atoms with Crippen molar-refractivity contribution in [3.63, 3.8) is 0 Å². The molecule has 68 valence electrons. The molecule has 0 heterocycles. The first kappa shape index (κ1) is 12.7. The van der Waals surface area contributed by atoms with Gasteiger partial charge in [-0.2, -0.15) is 22.0 Å². The fourth-order valence-corrected chi connectivity index (χ4v) is 0.121. The molecule has 2 nitrogen and oxygen atoms in total. The van der Waals surface area contributed by atoms with Crippen LogP contribution in [0.15, 0.2) is 0 Å². The van der Waals surface area contributed by atoms with Gasteiger partial charge in [-0.3, -0.25) is 4.70 Å². The zero-order valence-electron chi connectivity index (χ0n) is 4.65. The summed E-state index contributed by atoms with van der Waals surface area (Å²) < 4.78 is 55.5. The molecular formula is C3H2F6O2. The second-order valence-electron chi connectivity index (χ2n) is 1.38. The van der Waals surface area contributed by atoms with E-state index in [0.717, 1.165) is 0 Å². The fourth-order valence-electron chi connectivity index (χ4n) is 0.121. The van der Waals surface area contributed by atoms with Gasteiger partial charge in [0.2, 0.25) is 0 Å². The summed E-state index contributed by atoms with van der Waals surface area (Å²) in [6.07, 6.45) is -6.02. The Hall–Kier alpha value is -0.950. The maximum atomic E-state index is 11.3. The van der Waals surface area contributed by atoms with Crippen LogP contribution in [0.5, 0.6) is 0 Å². The van der Waals surface area contributed by atoms with Gasteiger partial charge in [-0.05, 0) is 0 Å². The van der Waals surface area contributed by atoms with E-state index < -0.39 is 18.1 Å². The Bertz CT molecular complexity index is 148. The van der Waals surface area contributed by atoms with E-state index in [0.29, 0.717) is 0 Å². The molecule has 0 radical (unpaired) electrons. The Morgan fingerprint density at radius 3 is 1.36 bits per heavy atom. The molecule has 0 saturated carbocycles. The lowest BCUT2D eigenvalue weighted by Crippen LogP contribution is -2.43. The second-order valence-corrected chi connectivity index (χ2v) is 1.38. The number of rotatable bonds is 1. The van der Waals surface area contributed by atoms with Crippen molar-refractivity contribution in [1.82, 2.24) is 0 Å².